The normalized spacial score (nSPS) is 14.2. The van der Waals surface area contributed by atoms with Gasteiger partial charge in [-0.2, -0.15) is 0 Å². The van der Waals surface area contributed by atoms with Crippen LogP contribution < -0.4 is 14.4 Å². The van der Waals surface area contributed by atoms with E-state index in [1.165, 1.54) is 17.0 Å². The van der Waals surface area contributed by atoms with E-state index in [2.05, 4.69) is 5.32 Å². The Labute approximate surface area is 264 Å². The number of halogens is 2. The first-order chi connectivity index (χ1) is 20.6. The number of ether oxygens (including phenoxy) is 1. The average molecular weight is 647 g/mol. The predicted octanol–water partition coefficient (Wildman–Crippen LogP) is 6.45. The van der Waals surface area contributed by atoms with E-state index in [-0.39, 0.29) is 23.4 Å². The molecule has 3 aromatic rings. The fraction of sp³-hybridized carbons (Fsp3) is 0.375. The summed E-state index contributed by atoms with van der Waals surface area (Å²) in [5.74, 6) is -0.278. The van der Waals surface area contributed by atoms with Gasteiger partial charge < -0.3 is 15.0 Å². The Hall–Kier alpha value is -3.27. The lowest BCUT2D eigenvalue weighted by molar-refractivity contribution is -0.140. The molecule has 3 aromatic carbocycles. The molecule has 2 amide bonds. The lowest BCUT2D eigenvalue weighted by Gasteiger charge is -2.34. The first kappa shape index (κ1) is 32.6. The van der Waals surface area contributed by atoms with Crippen LogP contribution >= 0.6 is 23.2 Å². The second-order valence-corrected chi connectivity index (χ2v) is 13.1. The van der Waals surface area contributed by atoms with Gasteiger partial charge in [-0.1, -0.05) is 67.2 Å². The molecule has 4 rings (SSSR count). The third kappa shape index (κ3) is 8.22. The third-order valence-corrected chi connectivity index (χ3v) is 9.86. The molecular weight excluding hydrogens is 609 g/mol. The summed E-state index contributed by atoms with van der Waals surface area (Å²) in [6.45, 7) is 3.58. The number of nitrogens with zero attached hydrogens (tertiary/aromatic N) is 2. The summed E-state index contributed by atoms with van der Waals surface area (Å²) in [6, 6.07) is 18.7. The highest BCUT2D eigenvalue weighted by Gasteiger charge is 2.34. The zero-order chi connectivity index (χ0) is 31.0. The van der Waals surface area contributed by atoms with E-state index in [0.29, 0.717) is 40.1 Å². The van der Waals surface area contributed by atoms with Gasteiger partial charge in [0.15, 0.2) is 0 Å². The Morgan fingerprint density at radius 2 is 1.65 bits per heavy atom. The first-order valence-electron chi connectivity index (χ1n) is 14.5. The lowest BCUT2D eigenvalue weighted by atomic mass is 10.1. The van der Waals surface area contributed by atoms with Gasteiger partial charge in [0.05, 0.1) is 17.2 Å². The number of hydrogen-bond donors (Lipinski definition) is 1. The van der Waals surface area contributed by atoms with Crippen LogP contribution in [0.1, 0.15) is 51.5 Å². The molecule has 0 bridgehead atoms. The van der Waals surface area contributed by atoms with Crippen LogP contribution in [0.4, 0.5) is 5.69 Å². The maximum Gasteiger partial charge on any atom is 0.264 e. The Kier molecular flexibility index (Phi) is 11.3. The van der Waals surface area contributed by atoms with Crippen LogP contribution in [0.15, 0.2) is 77.7 Å². The number of nitrogens with one attached hydrogen (secondary N) is 1. The lowest BCUT2D eigenvalue weighted by Crippen LogP contribution is -2.53. The summed E-state index contributed by atoms with van der Waals surface area (Å²) in [5.41, 5.74) is 0.907. The minimum Gasteiger partial charge on any atom is -0.494 e. The fourth-order valence-corrected chi connectivity index (χ4v) is 7.13. The minimum absolute atomic E-state index is 0.00282. The Balaban J connectivity index is 1.70. The average Bonchev–Trinajstić information content (AvgIpc) is 3.50. The SMILES string of the molecule is CCOc1ccc(S(=O)(=O)N(CC(=O)N(Cc2ccc(Cl)cc2Cl)[C@@H](CC)C(=O)NC2CCCC2)c2ccccc2)cc1. The van der Waals surface area contributed by atoms with Crippen molar-refractivity contribution in [2.75, 3.05) is 17.5 Å². The summed E-state index contributed by atoms with van der Waals surface area (Å²) in [6.07, 6.45) is 4.19. The van der Waals surface area contributed by atoms with Gasteiger partial charge >= 0.3 is 0 Å². The van der Waals surface area contributed by atoms with Crippen molar-refractivity contribution in [1.29, 1.82) is 0 Å². The van der Waals surface area contributed by atoms with Crippen LogP contribution in [0, 0.1) is 0 Å². The fourth-order valence-electron chi connectivity index (χ4n) is 5.25. The second kappa shape index (κ2) is 14.9. The van der Waals surface area contributed by atoms with Crippen molar-refractivity contribution in [2.45, 2.75) is 69.5 Å². The highest BCUT2D eigenvalue weighted by Crippen LogP contribution is 2.28. The number of carbonyl (C=O) groups excluding carboxylic acids is 2. The second-order valence-electron chi connectivity index (χ2n) is 10.4. The molecule has 43 heavy (non-hydrogen) atoms. The molecule has 1 aliphatic rings. The highest BCUT2D eigenvalue weighted by molar-refractivity contribution is 7.92. The molecule has 0 spiro atoms. The standard InChI is InChI=1S/C32H37Cl2N3O5S/c1-3-30(32(39)35-25-10-8-9-11-25)36(21-23-14-15-24(33)20-29(23)34)31(38)22-37(26-12-6-5-7-13-26)43(40,41)28-18-16-27(17-19-28)42-4-2/h5-7,12-20,25,30H,3-4,8-11,21-22H2,1-2H3,(H,35,39)/t30-/m0/s1. The number of benzene rings is 3. The van der Waals surface area contributed by atoms with Crippen molar-refractivity contribution in [3.05, 3.63) is 88.4 Å². The molecule has 1 saturated carbocycles. The van der Waals surface area contributed by atoms with Gasteiger partial charge in [-0.15, -0.1) is 0 Å². The van der Waals surface area contributed by atoms with Crippen LogP contribution in [0.3, 0.4) is 0 Å². The molecule has 0 heterocycles. The third-order valence-electron chi connectivity index (χ3n) is 7.49. The number of amides is 2. The summed E-state index contributed by atoms with van der Waals surface area (Å²) in [7, 11) is -4.19. The van der Waals surface area contributed by atoms with Gasteiger partial charge in [-0.05, 0) is 80.3 Å². The molecule has 0 saturated heterocycles. The van der Waals surface area contributed by atoms with Gasteiger partial charge in [-0.25, -0.2) is 8.42 Å². The zero-order valence-corrected chi connectivity index (χ0v) is 26.7. The van der Waals surface area contributed by atoms with Gasteiger partial charge in [0.2, 0.25) is 11.8 Å². The Morgan fingerprint density at radius 1 is 0.977 bits per heavy atom. The van der Waals surface area contributed by atoms with Crippen molar-refractivity contribution < 1.29 is 22.7 Å². The molecule has 0 unspecified atom stereocenters. The zero-order valence-electron chi connectivity index (χ0n) is 24.3. The molecule has 1 N–H and O–H groups in total. The molecular formula is C32H37Cl2N3O5S. The van der Waals surface area contributed by atoms with Gasteiger partial charge in [0, 0.05) is 22.6 Å². The Morgan fingerprint density at radius 3 is 2.26 bits per heavy atom. The number of rotatable bonds is 13. The molecule has 230 valence electrons. The summed E-state index contributed by atoms with van der Waals surface area (Å²) in [4.78, 5) is 29.2. The van der Waals surface area contributed by atoms with Crippen LogP contribution in [0.25, 0.3) is 0 Å². The van der Waals surface area contributed by atoms with E-state index in [4.69, 9.17) is 27.9 Å². The quantitative estimate of drug-likeness (QED) is 0.230. The number of sulfonamides is 1. The summed E-state index contributed by atoms with van der Waals surface area (Å²) in [5, 5.41) is 3.89. The maximum absolute atomic E-state index is 14.2. The van der Waals surface area contributed by atoms with Crippen molar-refractivity contribution >= 4 is 50.7 Å². The van der Waals surface area contributed by atoms with Gasteiger partial charge in [0.25, 0.3) is 10.0 Å². The van der Waals surface area contributed by atoms with Crippen molar-refractivity contribution in [3.63, 3.8) is 0 Å². The highest BCUT2D eigenvalue weighted by atomic mass is 35.5. The smallest absolute Gasteiger partial charge is 0.264 e. The van der Waals surface area contributed by atoms with E-state index in [1.54, 1.807) is 60.7 Å². The first-order valence-corrected chi connectivity index (χ1v) is 16.7. The van der Waals surface area contributed by atoms with Gasteiger partial charge in [-0.3, -0.25) is 13.9 Å². The number of anilines is 1. The van der Waals surface area contributed by atoms with Crippen molar-refractivity contribution in [1.82, 2.24) is 10.2 Å². The summed E-state index contributed by atoms with van der Waals surface area (Å²) < 4.78 is 34.6. The van der Waals surface area contributed by atoms with E-state index in [0.717, 1.165) is 30.0 Å². The van der Waals surface area contributed by atoms with Gasteiger partial charge in [0.1, 0.15) is 18.3 Å². The largest absolute Gasteiger partial charge is 0.494 e. The Bertz CT molecular complexity index is 1500. The molecule has 1 atom stereocenters. The topological polar surface area (TPSA) is 96.0 Å². The van der Waals surface area contributed by atoms with Crippen molar-refractivity contribution in [3.8, 4) is 5.75 Å². The molecule has 0 aromatic heterocycles. The van der Waals surface area contributed by atoms with Crippen LogP contribution in [0.2, 0.25) is 10.0 Å². The number of hydrogen-bond acceptors (Lipinski definition) is 5. The number of para-hydroxylation sites is 1. The molecule has 1 fully saturated rings. The van der Waals surface area contributed by atoms with E-state index < -0.39 is 28.5 Å². The predicted molar refractivity (Wildman–Crippen MR) is 170 cm³/mol. The summed E-state index contributed by atoms with van der Waals surface area (Å²) >= 11 is 12.6. The van der Waals surface area contributed by atoms with Crippen LogP contribution in [-0.2, 0) is 26.2 Å². The van der Waals surface area contributed by atoms with E-state index >= 15 is 0 Å². The number of carbonyl (C=O) groups is 2. The molecule has 0 aliphatic heterocycles. The van der Waals surface area contributed by atoms with Crippen LogP contribution in [0.5, 0.6) is 5.75 Å². The maximum atomic E-state index is 14.2. The molecule has 1 aliphatic carbocycles. The molecule has 11 heteroatoms. The van der Waals surface area contributed by atoms with E-state index in [9.17, 15) is 18.0 Å². The molecule has 8 nitrogen and oxygen atoms in total. The van der Waals surface area contributed by atoms with Crippen molar-refractivity contribution in [2.24, 2.45) is 0 Å². The minimum atomic E-state index is -4.19. The molecule has 0 radical (unpaired) electrons. The van der Waals surface area contributed by atoms with Crippen LogP contribution in [-0.4, -0.2) is 50.4 Å². The van der Waals surface area contributed by atoms with E-state index in [1.807, 2.05) is 13.8 Å². The monoisotopic (exact) mass is 645 g/mol.